The Balaban J connectivity index is 1.40. The second kappa shape index (κ2) is 9.18. The lowest BCUT2D eigenvalue weighted by atomic mass is 10.0. The van der Waals surface area contributed by atoms with Crippen LogP contribution < -0.4 is 15.0 Å². The minimum absolute atomic E-state index is 0.205. The molecule has 2 aromatic heterocycles. The number of ether oxygens (including phenoxy) is 2. The van der Waals surface area contributed by atoms with E-state index in [0.29, 0.717) is 44.0 Å². The number of piperazine rings is 1. The molecule has 0 bridgehead atoms. The van der Waals surface area contributed by atoms with Crippen LogP contribution in [0.25, 0.3) is 5.65 Å². The van der Waals surface area contributed by atoms with Crippen molar-refractivity contribution in [2.45, 2.75) is 32.8 Å². The van der Waals surface area contributed by atoms with Gasteiger partial charge >= 0.3 is 5.97 Å². The van der Waals surface area contributed by atoms with Crippen LogP contribution in [0.15, 0.2) is 36.8 Å². The number of hydrogen-bond donors (Lipinski definition) is 1. The highest BCUT2D eigenvalue weighted by molar-refractivity contribution is 6.09. The van der Waals surface area contributed by atoms with Crippen LogP contribution in [-0.4, -0.2) is 76.3 Å². The molecule has 1 aromatic carbocycles. The van der Waals surface area contributed by atoms with Crippen molar-refractivity contribution in [1.82, 2.24) is 19.5 Å². The summed E-state index contributed by atoms with van der Waals surface area (Å²) < 4.78 is 12.8. The number of hydrogen-bond acceptors (Lipinski definition) is 8. The zero-order valence-corrected chi connectivity index (χ0v) is 20.3. The molecule has 10 heteroatoms. The average molecular weight is 479 g/mol. The largest absolute Gasteiger partial charge is 0.487 e. The third kappa shape index (κ3) is 4.79. The molecule has 184 valence electrons. The number of rotatable bonds is 6. The summed E-state index contributed by atoms with van der Waals surface area (Å²) in [6, 6.07) is 5.81. The number of nitrogens with zero attached hydrogens (tertiary/aromatic N) is 5. The lowest BCUT2D eigenvalue weighted by molar-refractivity contribution is -0.144. The number of aromatic nitrogens is 3. The Morgan fingerprint density at radius 3 is 2.77 bits per heavy atom. The smallest absolute Gasteiger partial charge is 0.320 e. The van der Waals surface area contributed by atoms with Gasteiger partial charge in [-0.2, -0.15) is 5.10 Å². The molecule has 1 fully saturated rings. The molecule has 1 amide bonds. The summed E-state index contributed by atoms with van der Waals surface area (Å²) >= 11 is 0. The molecular weight excluding hydrogens is 448 g/mol. The molecule has 0 saturated carbocycles. The topological polar surface area (TPSA) is 101 Å². The number of amides is 1. The van der Waals surface area contributed by atoms with Crippen LogP contribution in [0.2, 0.25) is 0 Å². The molecule has 3 aromatic rings. The first-order chi connectivity index (χ1) is 16.8. The first kappa shape index (κ1) is 23.1. The molecule has 5 rings (SSSR count). The van der Waals surface area contributed by atoms with Crippen LogP contribution in [0.4, 0.5) is 11.4 Å². The summed E-state index contributed by atoms with van der Waals surface area (Å²) in [5, 5.41) is 7.34. The SMILES string of the molecule is CCOC(=O)CN1CCN(c2cc3c(cc2NC(=O)c2cnn4cccnc24)CC(C)(C)O3)CC1. The van der Waals surface area contributed by atoms with E-state index in [-0.39, 0.29) is 24.0 Å². The van der Waals surface area contributed by atoms with Gasteiger partial charge in [0.25, 0.3) is 5.91 Å². The molecule has 4 heterocycles. The number of nitrogens with one attached hydrogen (secondary N) is 1. The van der Waals surface area contributed by atoms with Gasteiger partial charge in [0, 0.05) is 56.6 Å². The quantitative estimate of drug-likeness (QED) is 0.539. The van der Waals surface area contributed by atoms with Gasteiger partial charge in [-0.3, -0.25) is 14.5 Å². The molecule has 10 nitrogen and oxygen atoms in total. The first-order valence-electron chi connectivity index (χ1n) is 11.9. The summed E-state index contributed by atoms with van der Waals surface area (Å²) in [6.07, 6.45) is 5.70. The molecule has 1 N–H and O–H groups in total. The van der Waals surface area contributed by atoms with Gasteiger partial charge in [-0.15, -0.1) is 0 Å². The Hall–Kier alpha value is -3.66. The number of benzene rings is 1. The second-order valence-corrected chi connectivity index (χ2v) is 9.48. The summed E-state index contributed by atoms with van der Waals surface area (Å²) in [4.78, 5) is 33.8. The van der Waals surface area contributed by atoms with Gasteiger partial charge in [-0.05, 0) is 32.9 Å². The molecule has 0 unspecified atom stereocenters. The maximum Gasteiger partial charge on any atom is 0.320 e. The summed E-state index contributed by atoms with van der Waals surface area (Å²) in [5.41, 5.74) is 3.30. The summed E-state index contributed by atoms with van der Waals surface area (Å²) in [6.45, 7) is 9.45. The molecule has 0 radical (unpaired) electrons. The number of carbonyl (C=O) groups excluding carboxylic acids is 2. The maximum atomic E-state index is 13.3. The minimum Gasteiger partial charge on any atom is -0.487 e. The van der Waals surface area contributed by atoms with E-state index >= 15 is 0 Å². The maximum absolute atomic E-state index is 13.3. The van der Waals surface area contributed by atoms with E-state index in [1.807, 2.05) is 19.1 Å². The normalized spacial score (nSPS) is 17.2. The van der Waals surface area contributed by atoms with Crippen LogP contribution >= 0.6 is 0 Å². The molecule has 35 heavy (non-hydrogen) atoms. The number of fused-ring (bicyclic) bond motifs is 2. The van der Waals surface area contributed by atoms with Crippen molar-refractivity contribution in [2.75, 3.05) is 49.5 Å². The zero-order chi connectivity index (χ0) is 24.6. The van der Waals surface area contributed by atoms with Gasteiger partial charge in [0.2, 0.25) is 0 Å². The predicted octanol–water partition coefficient (Wildman–Crippen LogP) is 2.38. The molecule has 1 saturated heterocycles. The van der Waals surface area contributed by atoms with E-state index in [1.54, 1.807) is 23.0 Å². The van der Waals surface area contributed by atoms with Gasteiger partial charge in [0.15, 0.2) is 5.65 Å². The Bertz CT molecular complexity index is 1260. The van der Waals surface area contributed by atoms with E-state index in [2.05, 4.69) is 39.0 Å². The van der Waals surface area contributed by atoms with Crippen LogP contribution in [-0.2, 0) is 16.0 Å². The van der Waals surface area contributed by atoms with E-state index in [9.17, 15) is 9.59 Å². The van der Waals surface area contributed by atoms with E-state index in [1.165, 1.54) is 6.20 Å². The van der Waals surface area contributed by atoms with E-state index in [0.717, 1.165) is 29.1 Å². The van der Waals surface area contributed by atoms with Crippen molar-refractivity contribution < 1.29 is 19.1 Å². The fourth-order valence-corrected chi connectivity index (χ4v) is 4.71. The zero-order valence-electron chi connectivity index (χ0n) is 20.3. The summed E-state index contributed by atoms with van der Waals surface area (Å²) in [7, 11) is 0. The van der Waals surface area contributed by atoms with Gasteiger partial charge < -0.3 is 19.7 Å². The third-order valence-electron chi connectivity index (χ3n) is 6.32. The highest BCUT2D eigenvalue weighted by Gasteiger charge is 2.33. The first-order valence-corrected chi connectivity index (χ1v) is 11.9. The third-order valence-corrected chi connectivity index (χ3v) is 6.32. The van der Waals surface area contributed by atoms with Crippen LogP contribution in [0.3, 0.4) is 0 Å². The van der Waals surface area contributed by atoms with Crippen molar-refractivity contribution in [3.8, 4) is 5.75 Å². The van der Waals surface area contributed by atoms with Crippen molar-refractivity contribution in [3.05, 3.63) is 47.9 Å². The number of esters is 1. The minimum atomic E-state index is -0.299. The molecular formula is C25H30N6O4. The van der Waals surface area contributed by atoms with Gasteiger partial charge in [-0.25, -0.2) is 9.50 Å². The highest BCUT2D eigenvalue weighted by atomic mass is 16.5. The van der Waals surface area contributed by atoms with Gasteiger partial charge in [0.05, 0.1) is 30.7 Å². The predicted molar refractivity (Wildman–Crippen MR) is 131 cm³/mol. The van der Waals surface area contributed by atoms with Crippen LogP contribution in [0.1, 0.15) is 36.7 Å². The van der Waals surface area contributed by atoms with Gasteiger partial charge in [0.1, 0.15) is 16.9 Å². The number of anilines is 2. The van der Waals surface area contributed by atoms with Crippen molar-refractivity contribution in [3.63, 3.8) is 0 Å². The van der Waals surface area contributed by atoms with Crippen LogP contribution in [0.5, 0.6) is 5.75 Å². The van der Waals surface area contributed by atoms with Gasteiger partial charge in [-0.1, -0.05) is 0 Å². The second-order valence-electron chi connectivity index (χ2n) is 9.48. The molecule has 0 spiro atoms. The Morgan fingerprint density at radius 2 is 2.00 bits per heavy atom. The lowest BCUT2D eigenvalue weighted by Gasteiger charge is -2.36. The molecule has 2 aliphatic heterocycles. The molecule has 0 atom stereocenters. The highest BCUT2D eigenvalue weighted by Crippen LogP contribution is 2.42. The average Bonchev–Trinajstić information content (AvgIpc) is 3.38. The van der Waals surface area contributed by atoms with E-state index < -0.39 is 0 Å². The monoisotopic (exact) mass is 478 g/mol. The van der Waals surface area contributed by atoms with Crippen LogP contribution in [0, 0.1) is 0 Å². The van der Waals surface area contributed by atoms with Crippen molar-refractivity contribution in [2.24, 2.45) is 0 Å². The van der Waals surface area contributed by atoms with Crippen molar-refractivity contribution in [1.29, 1.82) is 0 Å². The molecule has 0 aliphatic carbocycles. The van der Waals surface area contributed by atoms with E-state index in [4.69, 9.17) is 9.47 Å². The fraction of sp³-hybridized carbons (Fsp3) is 0.440. The number of carbonyl (C=O) groups is 2. The Labute approximate surface area is 203 Å². The standard InChI is InChI=1S/C25H30N6O4/c1-4-34-22(32)16-29-8-10-30(11-9-29)20-13-21-17(14-25(2,3)35-21)12-19(20)28-24(33)18-15-27-31-7-5-6-26-23(18)31/h5-7,12-13,15H,4,8-11,14,16H2,1-3H3,(H,28,33). The Morgan fingerprint density at radius 1 is 1.20 bits per heavy atom. The lowest BCUT2D eigenvalue weighted by Crippen LogP contribution is -2.48. The summed E-state index contributed by atoms with van der Waals surface area (Å²) in [5.74, 6) is 0.373. The Kier molecular flexibility index (Phi) is 6.06. The van der Waals surface area contributed by atoms with Crippen molar-refractivity contribution >= 4 is 28.9 Å². The fourth-order valence-electron chi connectivity index (χ4n) is 4.71. The molecule has 2 aliphatic rings.